The number of fused-ring (bicyclic) bond motifs is 1. The van der Waals surface area contributed by atoms with E-state index in [1.165, 1.54) is 0 Å². The van der Waals surface area contributed by atoms with Gasteiger partial charge in [0.05, 0.1) is 0 Å². The molecule has 0 fully saturated rings. The zero-order chi connectivity index (χ0) is 9.59. The Hall–Kier alpha value is -0.780. The van der Waals surface area contributed by atoms with Crippen molar-refractivity contribution in [2.24, 2.45) is 0 Å². The Morgan fingerprint density at radius 2 is 1.77 bits per heavy atom. The molecule has 0 radical (unpaired) electrons. The van der Waals surface area contributed by atoms with Gasteiger partial charge in [-0.3, -0.25) is 0 Å². The second-order valence-electron chi connectivity index (χ2n) is 2.21. The van der Waals surface area contributed by atoms with Crippen LogP contribution in [0.15, 0.2) is 0 Å². The van der Waals surface area contributed by atoms with Crippen molar-refractivity contribution in [1.82, 2.24) is 19.6 Å². The molecular weight excluding hydrogens is 236 g/mol. The molecule has 0 saturated carbocycles. The van der Waals surface area contributed by atoms with E-state index in [-0.39, 0.29) is 21.4 Å². The summed E-state index contributed by atoms with van der Waals surface area (Å²) in [5.74, 6) is 5.50. The zero-order valence-electron chi connectivity index (χ0n) is 6.00. The largest absolute Gasteiger partial charge is 0.336 e. The Morgan fingerprint density at radius 3 is 2.46 bits per heavy atom. The minimum atomic E-state index is 0.00673. The predicted molar refractivity (Wildman–Crippen MR) is 50.5 cm³/mol. The molecule has 8 heteroatoms. The lowest BCUT2D eigenvalue weighted by Gasteiger charge is -1.96. The molecule has 0 saturated heterocycles. The van der Waals surface area contributed by atoms with Crippen LogP contribution in [0.25, 0.3) is 11.2 Å². The Kier molecular flexibility index (Phi) is 1.94. The number of nitrogen functional groups attached to an aromatic ring is 1. The van der Waals surface area contributed by atoms with Crippen LogP contribution in [0.5, 0.6) is 0 Å². The Morgan fingerprint density at radius 1 is 1.08 bits per heavy atom. The van der Waals surface area contributed by atoms with E-state index in [1.54, 1.807) is 0 Å². The van der Waals surface area contributed by atoms with E-state index in [2.05, 4.69) is 15.0 Å². The van der Waals surface area contributed by atoms with Crippen LogP contribution in [0, 0.1) is 0 Å². The number of nitrogens with zero attached hydrogens (tertiary/aromatic N) is 4. The first-order valence-electron chi connectivity index (χ1n) is 3.11. The van der Waals surface area contributed by atoms with Crippen molar-refractivity contribution >= 4 is 46.0 Å². The molecule has 0 aromatic carbocycles. The number of rotatable bonds is 0. The van der Waals surface area contributed by atoms with Gasteiger partial charge in [0.15, 0.2) is 10.8 Å². The Bertz CT molecular complexity index is 478. The van der Waals surface area contributed by atoms with E-state index >= 15 is 0 Å². The molecule has 0 amide bonds. The van der Waals surface area contributed by atoms with E-state index in [9.17, 15) is 0 Å². The van der Waals surface area contributed by atoms with Gasteiger partial charge in [-0.1, -0.05) is 11.6 Å². The van der Waals surface area contributed by atoms with Crippen molar-refractivity contribution in [3.63, 3.8) is 0 Å². The topological polar surface area (TPSA) is 69.6 Å². The number of nitrogens with two attached hydrogens (primary N) is 1. The third-order valence-corrected chi connectivity index (χ3v) is 2.13. The summed E-state index contributed by atoms with van der Waals surface area (Å²) in [6.45, 7) is 0. The predicted octanol–water partition coefficient (Wildman–Crippen LogP) is 1.50. The summed E-state index contributed by atoms with van der Waals surface area (Å²) in [6, 6.07) is 0. The Balaban J connectivity index is 2.94. The normalized spacial score (nSPS) is 11.0. The summed E-state index contributed by atoms with van der Waals surface area (Å²) >= 11 is 16.9. The van der Waals surface area contributed by atoms with Gasteiger partial charge in [-0.25, -0.2) is 9.66 Å². The van der Waals surface area contributed by atoms with Crippen LogP contribution in [-0.4, -0.2) is 19.6 Å². The summed E-state index contributed by atoms with van der Waals surface area (Å²) < 4.78 is 1.09. The summed E-state index contributed by atoms with van der Waals surface area (Å²) in [6.07, 6.45) is 0. The second-order valence-corrected chi connectivity index (χ2v) is 3.24. The number of hydrogen-bond donors (Lipinski definition) is 1. The van der Waals surface area contributed by atoms with Gasteiger partial charge in [0, 0.05) is 0 Å². The molecule has 0 aliphatic rings. The van der Waals surface area contributed by atoms with Crippen molar-refractivity contribution in [3.05, 3.63) is 15.7 Å². The van der Waals surface area contributed by atoms with Gasteiger partial charge in [0.1, 0.15) is 5.52 Å². The van der Waals surface area contributed by atoms with Gasteiger partial charge >= 0.3 is 0 Å². The van der Waals surface area contributed by atoms with E-state index in [0.29, 0.717) is 5.52 Å². The van der Waals surface area contributed by atoms with Crippen LogP contribution in [-0.2, 0) is 0 Å². The van der Waals surface area contributed by atoms with E-state index in [4.69, 9.17) is 40.6 Å². The molecule has 2 heterocycles. The second kappa shape index (κ2) is 2.87. The molecule has 2 N–H and O–H groups in total. The van der Waals surface area contributed by atoms with Crippen LogP contribution in [0.2, 0.25) is 15.7 Å². The highest BCUT2D eigenvalue weighted by molar-refractivity contribution is 6.36. The van der Waals surface area contributed by atoms with Crippen molar-refractivity contribution in [1.29, 1.82) is 0 Å². The van der Waals surface area contributed by atoms with Crippen LogP contribution in [0.3, 0.4) is 0 Å². The average molecular weight is 238 g/mol. The van der Waals surface area contributed by atoms with Gasteiger partial charge in [0.25, 0.3) is 0 Å². The van der Waals surface area contributed by atoms with Crippen molar-refractivity contribution in [2.45, 2.75) is 0 Å². The molecule has 2 rings (SSSR count). The van der Waals surface area contributed by atoms with Crippen molar-refractivity contribution < 1.29 is 0 Å². The molecule has 5 nitrogen and oxygen atoms in total. The standard InChI is InChI=1S/C5H2Cl3N5/c6-2-1-3(11-4(7)10-2)12-5(8)13(1)9/h9H2. The molecule has 0 unspecified atom stereocenters. The lowest BCUT2D eigenvalue weighted by molar-refractivity contribution is 1.03. The number of hydrogen-bond acceptors (Lipinski definition) is 4. The first-order valence-corrected chi connectivity index (χ1v) is 4.25. The minimum Gasteiger partial charge on any atom is -0.336 e. The highest BCUT2D eigenvalue weighted by Crippen LogP contribution is 2.22. The van der Waals surface area contributed by atoms with E-state index in [0.717, 1.165) is 4.68 Å². The lowest BCUT2D eigenvalue weighted by Crippen LogP contribution is -2.08. The van der Waals surface area contributed by atoms with Crippen molar-refractivity contribution in [2.75, 3.05) is 5.84 Å². The molecule has 0 spiro atoms. The smallest absolute Gasteiger partial charge is 0.225 e. The fraction of sp³-hybridized carbons (Fsp3) is 0. The SMILES string of the molecule is Nn1c(Cl)nc2nc(Cl)nc(Cl)c21. The van der Waals surface area contributed by atoms with Gasteiger partial charge in [-0.05, 0) is 23.2 Å². The molecule has 2 aromatic rings. The molecule has 13 heavy (non-hydrogen) atoms. The molecule has 68 valence electrons. The average Bonchev–Trinajstić information content (AvgIpc) is 2.27. The van der Waals surface area contributed by atoms with Crippen molar-refractivity contribution in [3.8, 4) is 0 Å². The molecule has 0 aliphatic heterocycles. The maximum Gasteiger partial charge on any atom is 0.225 e. The molecular formula is C5H2Cl3N5. The number of halogens is 3. The maximum atomic E-state index is 5.75. The highest BCUT2D eigenvalue weighted by Gasteiger charge is 2.13. The lowest BCUT2D eigenvalue weighted by atomic mass is 10.6. The van der Waals surface area contributed by atoms with Crippen LogP contribution in [0.4, 0.5) is 0 Å². The van der Waals surface area contributed by atoms with E-state index < -0.39 is 0 Å². The number of imidazole rings is 1. The summed E-state index contributed by atoms with van der Waals surface area (Å²) in [5, 5.41) is 0.206. The molecule has 2 aromatic heterocycles. The van der Waals surface area contributed by atoms with Crippen LogP contribution in [0.1, 0.15) is 0 Å². The van der Waals surface area contributed by atoms with Gasteiger partial charge in [-0.2, -0.15) is 9.97 Å². The molecule has 0 aliphatic carbocycles. The summed E-state index contributed by atoms with van der Waals surface area (Å²) in [5.41, 5.74) is 0.633. The van der Waals surface area contributed by atoms with Crippen LogP contribution < -0.4 is 5.84 Å². The monoisotopic (exact) mass is 237 g/mol. The highest BCUT2D eigenvalue weighted by atomic mass is 35.5. The summed E-state index contributed by atoms with van der Waals surface area (Å²) in [7, 11) is 0. The van der Waals surface area contributed by atoms with Crippen LogP contribution >= 0.6 is 34.8 Å². The van der Waals surface area contributed by atoms with Gasteiger partial charge < -0.3 is 5.84 Å². The third kappa shape index (κ3) is 1.29. The Labute approximate surface area is 87.4 Å². The quantitative estimate of drug-likeness (QED) is 0.327. The van der Waals surface area contributed by atoms with Gasteiger partial charge in [-0.15, -0.1) is 0 Å². The third-order valence-electron chi connectivity index (χ3n) is 1.43. The zero-order valence-corrected chi connectivity index (χ0v) is 8.27. The first-order chi connectivity index (χ1) is 6.09. The van der Waals surface area contributed by atoms with E-state index in [1.807, 2.05) is 0 Å². The molecule has 0 atom stereocenters. The fourth-order valence-corrected chi connectivity index (χ4v) is 1.54. The summed E-state index contributed by atoms with van der Waals surface area (Å²) in [4.78, 5) is 11.3. The van der Waals surface area contributed by atoms with Gasteiger partial charge in [0.2, 0.25) is 10.6 Å². The minimum absolute atomic E-state index is 0.00673. The number of aromatic nitrogens is 4. The first kappa shape index (κ1) is 8.80. The molecule has 0 bridgehead atoms. The fourth-order valence-electron chi connectivity index (χ4n) is 0.910. The maximum absolute atomic E-state index is 5.75.